The highest BCUT2D eigenvalue weighted by atomic mass is 16.5. The van der Waals surface area contributed by atoms with Crippen LogP contribution in [0.2, 0.25) is 0 Å². The molecule has 0 aliphatic carbocycles. The Morgan fingerprint density at radius 2 is 1.57 bits per heavy atom. The van der Waals surface area contributed by atoms with Crippen LogP contribution in [0.5, 0.6) is 17.2 Å². The number of aromatic hydroxyl groups is 3. The van der Waals surface area contributed by atoms with Crippen LogP contribution in [0.4, 0.5) is 0 Å². The standard InChI is InChI=1S/C21H20O9/c1-8-17(25)19(27)20(28)21(29-8)16-12(24)7-14-15(18(16)26)11(23)6-13(30-14)9-2-4-10(22)5-3-9/h2-8,17,19-22,24-28H,1H3/t8-,17+,19+,20-,21?/m1/s1. The summed E-state index contributed by atoms with van der Waals surface area (Å²) in [6, 6.07) is 8.16. The second-order valence-electron chi connectivity index (χ2n) is 7.29. The first-order valence-corrected chi connectivity index (χ1v) is 9.20. The number of fused-ring (bicyclic) bond motifs is 1. The first-order valence-electron chi connectivity index (χ1n) is 9.20. The van der Waals surface area contributed by atoms with Gasteiger partial charge < -0.3 is 39.8 Å². The lowest BCUT2D eigenvalue weighted by Crippen LogP contribution is -2.53. The molecular formula is C21H20O9. The molecule has 30 heavy (non-hydrogen) atoms. The number of benzene rings is 2. The third-order valence-corrected chi connectivity index (χ3v) is 5.30. The third-order valence-electron chi connectivity index (χ3n) is 5.30. The highest BCUT2D eigenvalue weighted by Gasteiger charge is 2.44. The predicted molar refractivity (Wildman–Crippen MR) is 104 cm³/mol. The van der Waals surface area contributed by atoms with Crippen LogP contribution in [0.1, 0.15) is 18.6 Å². The molecule has 2 aromatic carbocycles. The first kappa shape index (κ1) is 20.2. The fourth-order valence-corrected chi connectivity index (χ4v) is 3.64. The summed E-state index contributed by atoms with van der Waals surface area (Å²) < 4.78 is 11.1. The van der Waals surface area contributed by atoms with Gasteiger partial charge >= 0.3 is 0 Å². The molecular weight excluding hydrogens is 396 g/mol. The van der Waals surface area contributed by atoms with Crippen molar-refractivity contribution in [3.8, 4) is 28.6 Å². The minimum atomic E-state index is -1.66. The van der Waals surface area contributed by atoms with E-state index in [0.29, 0.717) is 5.56 Å². The van der Waals surface area contributed by atoms with E-state index in [0.717, 1.165) is 12.1 Å². The Morgan fingerprint density at radius 3 is 2.23 bits per heavy atom. The van der Waals surface area contributed by atoms with Crippen molar-refractivity contribution in [2.45, 2.75) is 37.4 Å². The molecule has 1 fully saturated rings. The Kier molecular flexibility index (Phi) is 4.91. The van der Waals surface area contributed by atoms with Gasteiger partial charge in [0.1, 0.15) is 58.4 Å². The summed E-state index contributed by atoms with van der Waals surface area (Å²) in [5.41, 5.74) is -0.524. The molecule has 0 bridgehead atoms. The van der Waals surface area contributed by atoms with Crippen LogP contribution in [-0.4, -0.2) is 55.1 Å². The van der Waals surface area contributed by atoms with Crippen LogP contribution in [0, 0.1) is 0 Å². The molecule has 1 aromatic heterocycles. The molecule has 4 rings (SSSR count). The molecule has 6 N–H and O–H groups in total. The molecule has 0 spiro atoms. The summed E-state index contributed by atoms with van der Waals surface area (Å²) in [7, 11) is 0. The minimum absolute atomic E-state index is 0.0365. The van der Waals surface area contributed by atoms with Crippen LogP contribution in [-0.2, 0) is 4.74 Å². The number of hydrogen-bond donors (Lipinski definition) is 6. The van der Waals surface area contributed by atoms with E-state index in [2.05, 4.69) is 0 Å². The first-order chi connectivity index (χ1) is 14.2. The van der Waals surface area contributed by atoms with Crippen molar-refractivity contribution in [1.82, 2.24) is 0 Å². The van der Waals surface area contributed by atoms with Gasteiger partial charge in [-0.05, 0) is 31.2 Å². The van der Waals surface area contributed by atoms with E-state index < -0.39 is 47.4 Å². The Morgan fingerprint density at radius 1 is 0.900 bits per heavy atom. The molecule has 1 aliphatic rings. The second-order valence-corrected chi connectivity index (χ2v) is 7.29. The highest BCUT2D eigenvalue weighted by molar-refractivity contribution is 5.88. The average Bonchev–Trinajstić information content (AvgIpc) is 2.70. The quantitative estimate of drug-likeness (QED) is 0.360. The molecule has 9 heteroatoms. The van der Waals surface area contributed by atoms with Crippen LogP contribution < -0.4 is 5.43 Å². The molecule has 0 amide bonds. The smallest absolute Gasteiger partial charge is 0.197 e. The van der Waals surface area contributed by atoms with E-state index in [4.69, 9.17) is 9.15 Å². The van der Waals surface area contributed by atoms with Gasteiger partial charge in [-0.25, -0.2) is 0 Å². The van der Waals surface area contributed by atoms with Gasteiger partial charge in [-0.15, -0.1) is 0 Å². The molecule has 5 atom stereocenters. The molecule has 0 radical (unpaired) electrons. The van der Waals surface area contributed by atoms with Crippen molar-refractivity contribution in [2.24, 2.45) is 0 Å². The second kappa shape index (κ2) is 7.29. The lowest BCUT2D eigenvalue weighted by molar-refractivity contribution is -0.220. The highest BCUT2D eigenvalue weighted by Crippen LogP contribution is 2.44. The van der Waals surface area contributed by atoms with Crippen molar-refractivity contribution in [3.63, 3.8) is 0 Å². The van der Waals surface area contributed by atoms with Gasteiger partial charge in [0, 0.05) is 17.7 Å². The maximum absolute atomic E-state index is 12.7. The molecule has 2 heterocycles. The van der Waals surface area contributed by atoms with Gasteiger partial charge in [-0.3, -0.25) is 4.79 Å². The molecule has 9 nitrogen and oxygen atoms in total. The molecule has 1 unspecified atom stereocenters. The van der Waals surface area contributed by atoms with E-state index in [1.807, 2.05) is 0 Å². The average molecular weight is 416 g/mol. The van der Waals surface area contributed by atoms with Crippen molar-refractivity contribution in [2.75, 3.05) is 0 Å². The van der Waals surface area contributed by atoms with E-state index in [-0.39, 0.29) is 28.0 Å². The van der Waals surface area contributed by atoms with Crippen molar-refractivity contribution >= 4 is 11.0 Å². The van der Waals surface area contributed by atoms with Gasteiger partial charge in [-0.2, -0.15) is 0 Å². The summed E-state index contributed by atoms with van der Waals surface area (Å²) in [6.07, 6.45) is -6.90. The van der Waals surface area contributed by atoms with E-state index in [1.54, 1.807) is 0 Å². The largest absolute Gasteiger partial charge is 0.508 e. The number of rotatable bonds is 2. The molecule has 158 valence electrons. The van der Waals surface area contributed by atoms with E-state index in [9.17, 15) is 35.4 Å². The van der Waals surface area contributed by atoms with Gasteiger partial charge in [0.25, 0.3) is 0 Å². The van der Waals surface area contributed by atoms with Gasteiger partial charge in [0.15, 0.2) is 5.43 Å². The zero-order chi connectivity index (χ0) is 21.7. The molecule has 3 aromatic rings. The minimum Gasteiger partial charge on any atom is -0.508 e. The zero-order valence-electron chi connectivity index (χ0n) is 15.8. The topological polar surface area (TPSA) is 161 Å². The zero-order valence-corrected chi connectivity index (χ0v) is 15.8. The number of aliphatic hydroxyl groups excluding tert-OH is 3. The maximum Gasteiger partial charge on any atom is 0.197 e. The lowest BCUT2D eigenvalue weighted by Gasteiger charge is -2.39. The Hall–Kier alpha value is -3.11. The number of phenols is 3. The van der Waals surface area contributed by atoms with Crippen LogP contribution >= 0.6 is 0 Å². The van der Waals surface area contributed by atoms with Crippen molar-refractivity contribution in [3.05, 3.63) is 52.2 Å². The summed E-state index contributed by atoms with van der Waals surface area (Å²) in [4.78, 5) is 12.7. The lowest BCUT2D eigenvalue weighted by atomic mass is 9.90. The summed E-state index contributed by atoms with van der Waals surface area (Å²) in [5.74, 6) is -0.990. The van der Waals surface area contributed by atoms with Crippen molar-refractivity contribution < 1.29 is 39.8 Å². The maximum atomic E-state index is 12.7. The summed E-state index contributed by atoms with van der Waals surface area (Å²) in [5, 5.41) is 60.6. The monoisotopic (exact) mass is 416 g/mol. The molecule has 1 saturated heterocycles. The number of hydrogen-bond acceptors (Lipinski definition) is 9. The predicted octanol–water partition coefficient (Wildman–Crippen LogP) is 1.12. The number of aliphatic hydroxyl groups is 3. The Labute approximate surface area is 169 Å². The van der Waals surface area contributed by atoms with E-state index in [1.165, 1.54) is 31.2 Å². The summed E-state index contributed by atoms with van der Waals surface area (Å²) >= 11 is 0. The van der Waals surface area contributed by atoms with Crippen LogP contribution in [0.25, 0.3) is 22.3 Å². The van der Waals surface area contributed by atoms with Gasteiger partial charge in [0.05, 0.1) is 11.7 Å². The Bertz CT molecular complexity index is 1150. The Balaban J connectivity index is 1.86. The fourth-order valence-electron chi connectivity index (χ4n) is 3.64. The van der Waals surface area contributed by atoms with E-state index >= 15 is 0 Å². The molecule has 1 aliphatic heterocycles. The van der Waals surface area contributed by atoms with Crippen molar-refractivity contribution in [1.29, 1.82) is 0 Å². The number of ether oxygens (including phenoxy) is 1. The van der Waals surface area contributed by atoms with Crippen LogP contribution in [0.15, 0.2) is 45.6 Å². The van der Waals surface area contributed by atoms with Crippen LogP contribution in [0.3, 0.4) is 0 Å². The fraction of sp³-hybridized carbons (Fsp3) is 0.286. The van der Waals surface area contributed by atoms with Gasteiger partial charge in [-0.1, -0.05) is 0 Å². The summed E-state index contributed by atoms with van der Waals surface area (Å²) in [6.45, 7) is 1.46. The number of phenolic OH excluding ortho intramolecular Hbond substituents is 3. The third kappa shape index (κ3) is 3.17. The van der Waals surface area contributed by atoms with Gasteiger partial charge in [0.2, 0.25) is 0 Å². The molecule has 0 saturated carbocycles. The normalized spacial score (nSPS) is 26.7. The SMILES string of the molecule is C[C@H]1OC(c2c(O)cc3oc(-c4ccc(O)cc4)cc(=O)c3c2O)[C@H](O)[C@@H](O)[C@H]1O.